The van der Waals surface area contributed by atoms with Gasteiger partial charge in [-0.05, 0) is 51.0 Å². The van der Waals surface area contributed by atoms with E-state index in [1.807, 2.05) is 13.8 Å². The Morgan fingerprint density at radius 2 is 2.00 bits per heavy atom. The van der Waals surface area contributed by atoms with E-state index in [1.165, 1.54) is 31.4 Å². The highest BCUT2D eigenvalue weighted by Crippen LogP contribution is 2.15. The lowest BCUT2D eigenvalue weighted by Gasteiger charge is -2.15. The maximum atomic E-state index is 13.0. The van der Waals surface area contributed by atoms with Gasteiger partial charge in [0.25, 0.3) is 0 Å². The van der Waals surface area contributed by atoms with E-state index in [4.69, 9.17) is 4.74 Å². The van der Waals surface area contributed by atoms with Gasteiger partial charge in [-0.15, -0.1) is 34.2 Å². The third-order valence-electron chi connectivity index (χ3n) is 4.83. The van der Waals surface area contributed by atoms with Crippen LogP contribution in [0.1, 0.15) is 44.8 Å². The molecule has 7 nitrogen and oxygen atoms in total. The summed E-state index contributed by atoms with van der Waals surface area (Å²) in [6.07, 6.45) is 5.36. The maximum absolute atomic E-state index is 13.0. The molecule has 166 valence electrons. The minimum absolute atomic E-state index is 0. The van der Waals surface area contributed by atoms with Crippen LogP contribution in [0.4, 0.5) is 4.39 Å². The largest absolute Gasteiger partial charge is 0.489 e. The zero-order chi connectivity index (χ0) is 20.5. The molecule has 2 aromatic rings. The number of halogens is 2. The van der Waals surface area contributed by atoms with Crippen molar-refractivity contribution >= 4 is 29.9 Å². The van der Waals surface area contributed by atoms with E-state index < -0.39 is 0 Å². The Bertz CT molecular complexity index is 795. The van der Waals surface area contributed by atoms with Gasteiger partial charge >= 0.3 is 0 Å². The fourth-order valence-corrected chi connectivity index (χ4v) is 3.37. The number of ether oxygens (including phenoxy) is 1. The van der Waals surface area contributed by atoms with E-state index in [0.29, 0.717) is 12.3 Å². The van der Waals surface area contributed by atoms with Gasteiger partial charge < -0.3 is 19.9 Å². The summed E-state index contributed by atoms with van der Waals surface area (Å²) >= 11 is 0. The van der Waals surface area contributed by atoms with Crippen LogP contribution in [0.25, 0.3) is 0 Å². The summed E-state index contributed by atoms with van der Waals surface area (Å²) in [7, 11) is 0. The minimum atomic E-state index is -0.272. The van der Waals surface area contributed by atoms with Crippen molar-refractivity contribution in [3.05, 3.63) is 41.7 Å². The first kappa shape index (κ1) is 24.4. The van der Waals surface area contributed by atoms with Crippen LogP contribution in [0.3, 0.4) is 0 Å². The topological polar surface area (TPSA) is 76.4 Å². The number of fused-ring (bicyclic) bond motifs is 1. The van der Waals surface area contributed by atoms with E-state index in [0.717, 1.165) is 50.1 Å². The third kappa shape index (κ3) is 7.41. The summed E-state index contributed by atoms with van der Waals surface area (Å²) in [5, 5.41) is 15.3. The van der Waals surface area contributed by atoms with Crippen molar-refractivity contribution in [2.75, 3.05) is 19.6 Å². The molecule has 2 N–H and O–H groups in total. The molecule has 0 amide bonds. The van der Waals surface area contributed by atoms with Gasteiger partial charge in [-0.2, -0.15) is 0 Å². The number of nitrogens with zero attached hydrogens (tertiary/aromatic N) is 4. The van der Waals surface area contributed by atoms with Gasteiger partial charge in [0.1, 0.15) is 29.3 Å². The lowest BCUT2D eigenvalue weighted by atomic mass is 10.2. The highest BCUT2D eigenvalue weighted by molar-refractivity contribution is 14.0. The number of hydrogen-bond acceptors (Lipinski definition) is 4. The first-order chi connectivity index (χ1) is 14.2. The van der Waals surface area contributed by atoms with Crippen LogP contribution in [0, 0.1) is 5.82 Å². The van der Waals surface area contributed by atoms with Crippen molar-refractivity contribution in [3.8, 4) is 5.75 Å². The molecule has 3 rings (SSSR count). The van der Waals surface area contributed by atoms with Crippen LogP contribution in [0.2, 0.25) is 0 Å². The Kier molecular flexibility index (Phi) is 10.3. The summed E-state index contributed by atoms with van der Waals surface area (Å²) < 4.78 is 21.1. The van der Waals surface area contributed by atoms with Crippen molar-refractivity contribution in [2.45, 2.75) is 58.6 Å². The highest BCUT2D eigenvalue weighted by atomic mass is 127. The van der Waals surface area contributed by atoms with Crippen molar-refractivity contribution in [1.82, 2.24) is 25.4 Å². The molecule has 1 unspecified atom stereocenters. The fraction of sp³-hybridized carbons (Fsp3) is 0.571. The fourth-order valence-electron chi connectivity index (χ4n) is 3.37. The standard InChI is InChI=1S/C21H31FN6O.HI/c1-3-23-21(25-15-16(2)29-18-10-8-17(22)9-11-18)24-13-12-20-27-26-19-7-5-4-6-14-28(19)20;/h8-11,16H,3-7,12-15H2,1-2H3,(H2,23,24,25);1H. The molecule has 0 aliphatic carbocycles. The Hall–Kier alpha value is -1.91. The number of guanidine groups is 1. The Morgan fingerprint density at radius 3 is 2.77 bits per heavy atom. The molecule has 0 bridgehead atoms. The lowest BCUT2D eigenvalue weighted by molar-refractivity contribution is 0.230. The van der Waals surface area contributed by atoms with E-state index in [-0.39, 0.29) is 35.9 Å². The van der Waals surface area contributed by atoms with Crippen molar-refractivity contribution < 1.29 is 9.13 Å². The predicted molar refractivity (Wildman–Crippen MR) is 127 cm³/mol. The Balaban J connectivity index is 0.00000320. The Labute approximate surface area is 194 Å². The SMILES string of the molecule is CCNC(=NCC(C)Oc1ccc(F)cc1)NCCc1nnc2n1CCCCC2.I. The molecule has 0 fully saturated rings. The van der Waals surface area contributed by atoms with Crippen molar-refractivity contribution in [2.24, 2.45) is 4.99 Å². The second-order valence-electron chi connectivity index (χ2n) is 7.27. The monoisotopic (exact) mass is 530 g/mol. The second kappa shape index (κ2) is 12.7. The maximum Gasteiger partial charge on any atom is 0.191 e. The number of hydrogen-bond donors (Lipinski definition) is 2. The molecule has 0 saturated heterocycles. The minimum Gasteiger partial charge on any atom is -0.489 e. The summed E-state index contributed by atoms with van der Waals surface area (Å²) in [6.45, 7) is 7.00. The molecule has 1 aromatic carbocycles. The smallest absolute Gasteiger partial charge is 0.191 e. The highest BCUT2D eigenvalue weighted by Gasteiger charge is 2.14. The normalized spacial score (nSPS) is 14.8. The number of aliphatic imine (C=N–C) groups is 1. The number of rotatable bonds is 8. The van der Waals surface area contributed by atoms with Crippen LogP contribution in [-0.2, 0) is 19.4 Å². The van der Waals surface area contributed by atoms with E-state index in [9.17, 15) is 4.39 Å². The molecule has 2 heterocycles. The van der Waals surface area contributed by atoms with E-state index >= 15 is 0 Å². The van der Waals surface area contributed by atoms with E-state index in [2.05, 4.69) is 30.4 Å². The zero-order valence-corrected chi connectivity index (χ0v) is 20.1. The lowest BCUT2D eigenvalue weighted by Crippen LogP contribution is -2.39. The quantitative estimate of drug-likeness (QED) is 0.311. The molecule has 0 radical (unpaired) electrons. The number of aryl methyl sites for hydroxylation is 1. The summed E-state index contributed by atoms with van der Waals surface area (Å²) in [6, 6.07) is 6.03. The zero-order valence-electron chi connectivity index (χ0n) is 17.7. The molecule has 1 aliphatic heterocycles. The Morgan fingerprint density at radius 1 is 1.20 bits per heavy atom. The summed E-state index contributed by atoms with van der Waals surface area (Å²) in [5.41, 5.74) is 0. The van der Waals surface area contributed by atoms with Gasteiger partial charge in [0, 0.05) is 32.5 Å². The molecule has 9 heteroatoms. The van der Waals surface area contributed by atoms with Crippen molar-refractivity contribution in [3.63, 3.8) is 0 Å². The van der Waals surface area contributed by atoms with E-state index in [1.54, 1.807) is 12.1 Å². The summed E-state index contributed by atoms with van der Waals surface area (Å²) in [5.74, 6) is 3.27. The molecule has 1 atom stereocenters. The molecule has 1 aliphatic rings. The third-order valence-corrected chi connectivity index (χ3v) is 4.83. The van der Waals surface area contributed by atoms with Crippen LogP contribution in [-0.4, -0.2) is 46.5 Å². The van der Waals surface area contributed by atoms with Crippen LogP contribution < -0.4 is 15.4 Å². The number of nitrogens with one attached hydrogen (secondary N) is 2. The average molecular weight is 530 g/mol. The van der Waals surface area contributed by atoms with Crippen molar-refractivity contribution in [1.29, 1.82) is 0 Å². The first-order valence-electron chi connectivity index (χ1n) is 10.5. The number of benzene rings is 1. The van der Waals surface area contributed by atoms with Crippen LogP contribution in [0.15, 0.2) is 29.3 Å². The molecule has 30 heavy (non-hydrogen) atoms. The van der Waals surface area contributed by atoms with Gasteiger partial charge in [-0.3, -0.25) is 0 Å². The van der Waals surface area contributed by atoms with Crippen LogP contribution in [0.5, 0.6) is 5.75 Å². The van der Waals surface area contributed by atoms with Gasteiger partial charge in [-0.1, -0.05) is 6.42 Å². The molecular weight excluding hydrogens is 498 g/mol. The summed E-state index contributed by atoms with van der Waals surface area (Å²) in [4.78, 5) is 4.60. The predicted octanol–water partition coefficient (Wildman–Crippen LogP) is 3.33. The van der Waals surface area contributed by atoms with Crippen LogP contribution >= 0.6 is 24.0 Å². The first-order valence-corrected chi connectivity index (χ1v) is 10.5. The second-order valence-corrected chi connectivity index (χ2v) is 7.27. The molecule has 1 aromatic heterocycles. The number of aromatic nitrogens is 3. The van der Waals surface area contributed by atoms with Gasteiger partial charge in [0.05, 0.1) is 6.54 Å². The molecular formula is C21H32FIN6O. The molecule has 0 saturated carbocycles. The van der Waals surface area contributed by atoms with Gasteiger partial charge in [-0.25, -0.2) is 9.38 Å². The van der Waals surface area contributed by atoms with Gasteiger partial charge in [0.15, 0.2) is 5.96 Å². The average Bonchev–Trinajstić information content (AvgIpc) is 2.94. The van der Waals surface area contributed by atoms with Gasteiger partial charge in [0.2, 0.25) is 0 Å². The molecule has 0 spiro atoms.